The Kier molecular flexibility index (Phi) is 6.86. The number of nitrogens with zero attached hydrogens (tertiary/aromatic N) is 1. The molecule has 4 nitrogen and oxygen atoms in total. The van der Waals surface area contributed by atoms with Crippen molar-refractivity contribution < 1.29 is 13.9 Å². The summed E-state index contributed by atoms with van der Waals surface area (Å²) in [7, 11) is 3.33. The first-order valence-corrected chi connectivity index (χ1v) is 9.50. The molecular weight excluding hydrogens is 391 g/mol. The second-order valence-electron chi connectivity index (χ2n) is 6.66. The molecule has 0 aliphatic heterocycles. The first kappa shape index (κ1) is 20.8. The molecular formula is C23H22ClFN2O2. The van der Waals surface area contributed by atoms with Crippen molar-refractivity contribution in [1.29, 1.82) is 0 Å². The number of anilines is 1. The van der Waals surface area contributed by atoms with Crippen molar-refractivity contribution in [3.05, 3.63) is 94.8 Å². The molecule has 0 radical (unpaired) electrons. The molecule has 3 aromatic carbocycles. The minimum absolute atomic E-state index is 0.240. The normalized spacial score (nSPS) is 11.9. The van der Waals surface area contributed by atoms with Crippen LogP contribution in [-0.2, 0) is 11.3 Å². The van der Waals surface area contributed by atoms with Gasteiger partial charge in [0.25, 0.3) is 0 Å². The molecule has 0 spiro atoms. The minimum atomic E-state index is -0.614. The third-order valence-electron chi connectivity index (χ3n) is 4.60. The van der Waals surface area contributed by atoms with Gasteiger partial charge in [-0.15, -0.1) is 0 Å². The molecule has 150 valence electrons. The number of benzene rings is 3. The summed E-state index contributed by atoms with van der Waals surface area (Å²) in [5, 5.41) is 3.30. The molecule has 0 bridgehead atoms. The largest absolute Gasteiger partial charge is 0.495 e. The summed E-state index contributed by atoms with van der Waals surface area (Å²) in [6.45, 7) is 0.281. The highest BCUT2D eigenvalue weighted by Crippen LogP contribution is 2.29. The molecule has 29 heavy (non-hydrogen) atoms. The minimum Gasteiger partial charge on any atom is -0.495 e. The van der Waals surface area contributed by atoms with E-state index in [1.54, 1.807) is 43.4 Å². The molecule has 0 fully saturated rings. The molecule has 0 aliphatic carbocycles. The van der Waals surface area contributed by atoms with Crippen LogP contribution in [0, 0.1) is 5.82 Å². The number of amides is 1. The van der Waals surface area contributed by atoms with Gasteiger partial charge in [0.1, 0.15) is 17.6 Å². The van der Waals surface area contributed by atoms with Gasteiger partial charge < -0.3 is 10.1 Å². The second-order valence-corrected chi connectivity index (χ2v) is 7.07. The summed E-state index contributed by atoms with van der Waals surface area (Å²) in [4.78, 5) is 15.0. The molecule has 0 aromatic heterocycles. The van der Waals surface area contributed by atoms with E-state index in [0.717, 1.165) is 5.56 Å². The number of rotatable bonds is 7. The van der Waals surface area contributed by atoms with Crippen LogP contribution >= 0.6 is 11.6 Å². The molecule has 3 aromatic rings. The van der Waals surface area contributed by atoms with Gasteiger partial charge in [-0.25, -0.2) is 4.39 Å². The van der Waals surface area contributed by atoms with Crippen LogP contribution in [-0.4, -0.2) is 25.0 Å². The summed E-state index contributed by atoms with van der Waals surface area (Å²) in [6, 6.07) is 20.4. The Morgan fingerprint density at radius 3 is 2.45 bits per heavy atom. The number of ether oxygens (including phenoxy) is 1. The smallest absolute Gasteiger partial charge is 0.246 e. The van der Waals surface area contributed by atoms with Crippen LogP contribution in [0.5, 0.6) is 5.75 Å². The highest BCUT2D eigenvalue weighted by Gasteiger charge is 2.26. The lowest BCUT2D eigenvalue weighted by molar-refractivity contribution is -0.121. The number of nitrogens with one attached hydrogen (secondary N) is 1. The van der Waals surface area contributed by atoms with E-state index in [9.17, 15) is 9.18 Å². The number of methoxy groups -OCH3 is 1. The molecule has 6 heteroatoms. The van der Waals surface area contributed by atoms with E-state index in [-0.39, 0.29) is 18.3 Å². The molecule has 0 saturated heterocycles. The first-order chi connectivity index (χ1) is 14.0. The van der Waals surface area contributed by atoms with Crippen molar-refractivity contribution in [2.24, 2.45) is 0 Å². The SMILES string of the molecule is COc1ccc(NC(=O)C(c2ccccc2)N(C)Cc2ccccc2F)cc1Cl. The van der Waals surface area contributed by atoms with Crippen LogP contribution < -0.4 is 10.1 Å². The van der Waals surface area contributed by atoms with Gasteiger partial charge in [0, 0.05) is 17.8 Å². The zero-order valence-electron chi connectivity index (χ0n) is 16.2. The average Bonchev–Trinajstić information content (AvgIpc) is 2.71. The summed E-state index contributed by atoms with van der Waals surface area (Å²) in [5.41, 5.74) is 1.89. The van der Waals surface area contributed by atoms with Gasteiger partial charge in [0.05, 0.1) is 12.1 Å². The number of hydrogen-bond donors (Lipinski definition) is 1. The zero-order chi connectivity index (χ0) is 20.8. The summed E-state index contributed by atoms with van der Waals surface area (Å²) >= 11 is 6.17. The second kappa shape index (κ2) is 9.54. The van der Waals surface area contributed by atoms with Crippen molar-refractivity contribution in [2.75, 3.05) is 19.5 Å². The molecule has 3 rings (SSSR count). The zero-order valence-corrected chi connectivity index (χ0v) is 17.0. The van der Waals surface area contributed by atoms with Crippen LogP contribution in [0.15, 0.2) is 72.8 Å². The van der Waals surface area contributed by atoms with E-state index in [1.165, 1.54) is 13.2 Å². The fourth-order valence-electron chi connectivity index (χ4n) is 3.18. The van der Waals surface area contributed by atoms with E-state index < -0.39 is 6.04 Å². The molecule has 1 atom stereocenters. The van der Waals surface area contributed by atoms with Gasteiger partial charge in [0.15, 0.2) is 0 Å². The highest BCUT2D eigenvalue weighted by atomic mass is 35.5. The van der Waals surface area contributed by atoms with Gasteiger partial charge in [-0.05, 0) is 36.9 Å². The van der Waals surface area contributed by atoms with Gasteiger partial charge in [0.2, 0.25) is 5.91 Å². The number of halogens is 2. The number of likely N-dealkylation sites (N-methyl/N-ethyl adjacent to an activating group) is 1. The van der Waals surface area contributed by atoms with E-state index >= 15 is 0 Å². The predicted molar refractivity (Wildman–Crippen MR) is 114 cm³/mol. The monoisotopic (exact) mass is 412 g/mol. The lowest BCUT2D eigenvalue weighted by Crippen LogP contribution is -2.34. The number of hydrogen-bond acceptors (Lipinski definition) is 3. The molecule has 1 N–H and O–H groups in total. The molecule has 0 aliphatic rings. The van der Waals surface area contributed by atoms with Crippen molar-refractivity contribution in [2.45, 2.75) is 12.6 Å². The van der Waals surface area contributed by atoms with Crippen LogP contribution in [0.2, 0.25) is 5.02 Å². The van der Waals surface area contributed by atoms with Gasteiger partial charge >= 0.3 is 0 Å². The van der Waals surface area contributed by atoms with Gasteiger partial charge in [-0.1, -0.05) is 60.1 Å². The lowest BCUT2D eigenvalue weighted by Gasteiger charge is -2.28. The van der Waals surface area contributed by atoms with Crippen LogP contribution in [0.1, 0.15) is 17.2 Å². The summed E-state index contributed by atoms with van der Waals surface area (Å²) < 4.78 is 19.3. The summed E-state index contributed by atoms with van der Waals surface area (Å²) in [5.74, 6) is -0.00859. The number of carbonyl (C=O) groups is 1. The Balaban J connectivity index is 1.86. The fraction of sp³-hybridized carbons (Fsp3) is 0.174. The van der Waals surface area contributed by atoms with E-state index in [4.69, 9.17) is 16.3 Å². The van der Waals surface area contributed by atoms with Crippen LogP contribution in [0.3, 0.4) is 0 Å². The Morgan fingerprint density at radius 2 is 1.79 bits per heavy atom. The predicted octanol–water partition coefficient (Wildman–Crippen LogP) is 5.30. The maximum Gasteiger partial charge on any atom is 0.246 e. The maximum absolute atomic E-state index is 14.1. The molecule has 1 unspecified atom stereocenters. The lowest BCUT2D eigenvalue weighted by atomic mass is 10.0. The average molecular weight is 413 g/mol. The number of carbonyl (C=O) groups excluding carboxylic acids is 1. The van der Waals surface area contributed by atoms with Gasteiger partial charge in [-0.2, -0.15) is 0 Å². The fourth-order valence-corrected chi connectivity index (χ4v) is 3.44. The third-order valence-corrected chi connectivity index (χ3v) is 4.90. The van der Waals surface area contributed by atoms with Crippen molar-refractivity contribution >= 4 is 23.2 Å². The first-order valence-electron chi connectivity index (χ1n) is 9.12. The molecule has 0 heterocycles. The quantitative estimate of drug-likeness (QED) is 0.572. The maximum atomic E-state index is 14.1. The Bertz CT molecular complexity index is 982. The van der Waals surface area contributed by atoms with Crippen LogP contribution in [0.4, 0.5) is 10.1 Å². The topological polar surface area (TPSA) is 41.6 Å². The molecule has 0 saturated carbocycles. The van der Waals surface area contributed by atoms with E-state index in [0.29, 0.717) is 22.0 Å². The molecule has 1 amide bonds. The standard InChI is InChI=1S/C23H22ClFN2O2/c1-27(15-17-10-6-7-11-20(17)25)22(16-8-4-3-5-9-16)23(28)26-18-12-13-21(29-2)19(24)14-18/h3-14,22H,15H2,1-2H3,(H,26,28). The van der Waals surface area contributed by atoms with Crippen molar-refractivity contribution in [1.82, 2.24) is 4.90 Å². The van der Waals surface area contributed by atoms with E-state index in [2.05, 4.69) is 5.32 Å². The summed E-state index contributed by atoms with van der Waals surface area (Å²) in [6.07, 6.45) is 0. The van der Waals surface area contributed by atoms with Crippen LogP contribution in [0.25, 0.3) is 0 Å². The highest BCUT2D eigenvalue weighted by molar-refractivity contribution is 6.32. The van der Waals surface area contributed by atoms with Gasteiger partial charge in [-0.3, -0.25) is 9.69 Å². The Morgan fingerprint density at radius 1 is 1.10 bits per heavy atom. The Labute approximate surface area is 174 Å². The van der Waals surface area contributed by atoms with Crippen molar-refractivity contribution in [3.63, 3.8) is 0 Å². The van der Waals surface area contributed by atoms with Crippen molar-refractivity contribution in [3.8, 4) is 5.75 Å². The third kappa shape index (κ3) is 5.13. The Hall–Kier alpha value is -2.89. The van der Waals surface area contributed by atoms with E-state index in [1.807, 2.05) is 35.2 Å².